The number of nitriles is 1. The lowest BCUT2D eigenvalue weighted by atomic mass is 9.64. The lowest BCUT2D eigenvalue weighted by molar-refractivity contribution is 0.324. The van der Waals surface area contributed by atoms with E-state index < -0.39 is 0 Å². The monoisotopic (exact) mass is 380 g/mol. The average molecular weight is 381 g/mol. The predicted octanol–water partition coefficient (Wildman–Crippen LogP) is 5.61. The minimum atomic E-state index is -0.368. The number of rotatable bonds is 3. The van der Waals surface area contributed by atoms with Crippen LogP contribution in [0.3, 0.4) is 0 Å². The van der Waals surface area contributed by atoms with Crippen LogP contribution in [0.5, 0.6) is 0 Å². The van der Waals surface area contributed by atoms with Crippen LogP contribution in [0, 0.1) is 25.2 Å². The smallest absolute Gasteiger partial charge is 0.0822 e. The van der Waals surface area contributed by atoms with Crippen molar-refractivity contribution >= 4 is 21.6 Å². The van der Waals surface area contributed by atoms with Crippen LogP contribution in [0.1, 0.15) is 41.5 Å². The summed E-state index contributed by atoms with van der Waals surface area (Å²) in [5.74, 6) is 0. The van der Waals surface area contributed by atoms with Crippen LogP contribution in [0.25, 0.3) is 16.8 Å². The Morgan fingerprint density at radius 2 is 1.92 bits per heavy atom. The van der Waals surface area contributed by atoms with Gasteiger partial charge in [0, 0.05) is 15.7 Å². The van der Waals surface area contributed by atoms with Crippen LogP contribution in [0.15, 0.2) is 41.4 Å². The molecule has 2 aromatic rings. The fourth-order valence-corrected chi connectivity index (χ4v) is 3.84. The third-order valence-corrected chi connectivity index (χ3v) is 5.71. The summed E-state index contributed by atoms with van der Waals surface area (Å²) in [6.45, 7) is 8.12. The first-order valence-corrected chi connectivity index (χ1v) is 8.95. The molecule has 0 radical (unpaired) electrons. The molecular formula is C21H21BrN2. The second kappa shape index (κ2) is 6.11. The number of nitrogens with zero attached hydrogens (tertiary/aromatic N) is 1. The van der Waals surface area contributed by atoms with Crippen LogP contribution >= 0.6 is 15.9 Å². The molecular weight excluding hydrogens is 360 g/mol. The lowest BCUT2D eigenvalue weighted by Gasteiger charge is -2.36. The van der Waals surface area contributed by atoms with Gasteiger partial charge in [-0.15, -0.1) is 0 Å². The van der Waals surface area contributed by atoms with Crippen molar-refractivity contribution in [3.63, 3.8) is 0 Å². The number of benzene rings is 2. The van der Waals surface area contributed by atoms with Gasteiger partial charge in [-0.25, -0.2) is 0 Å². The predicted molar refractivity (Wildman–Crippen MR) is 103 cm³/mol. The minimum absolute atomic E-state index is 0.368. The van der Waals surface area contributed by atoms with E-state index in [1.165, 1.54) is 11.1 Å². The maximum atomic E-state index is 9.74. The number of hydrogen-bond acceptors (Lipinski definition) is 2. The Kier molecular flexibility index (Phi) is 4.27. The molecule has 0 aliphatic heterocycles. The van der Waals surface area contributed by atoms with E-state index in [1.54, 1.807) is 0 Å². The first-order valence-electron chi connectivity index (χ1n) is 8.15. The molecule has 0 amide bonds. The number of halogens is 1. The standard InChI is InChI=1S/C21H21BrN2/c1-13-5-6-17(22)11-18(13)20-10-16(21(12-23)7-4-8-21)9-19(14(20)2)15(3)24/h5-6,9-11H,3-4,7-8,24H2,1-2H3. The summed E-state index contributed by atoms with van der Waals surface area (Å²) in [6, 6.07) is 13.1. The molecule has 2 nitrogen and oxygen atoms in total. The molecule has 1 aliphatic carbocycles. The number of aryl methyl sites for hydroxylation is 1. The van der Waals surface area contributed by atoms with Crippen molar-refractivity contribution < 1.29 is 0 Å². The third-order valence-electron chi connectivity index (χ3n) is 5.22. The van der Waals surface area contributed by atoms with Gasteiger partial charge in [0.1, 0.15) is 0 Å². The van der Waals surface area contributed by atoms with E-state index in [2.05, 4.69) is 66.7 Å². The molecule has 2 aromatic carbocycles. The molecule has 3 heteroatoms. The number of hydrogen-bond donors (Lipinski definition) is 1. The van der Waals surface area contributed by atoms with E-state index in [0.717, 1.165) is 46.0 Å². The third kappa shape index (κ3) is 2.65. The van der Waals surface area contributed by atoms with Gasteiger partial charge in [-0.1, -0.05) is 28.6 Å². The van der Waals surface area contributed by atoms with Crippen molar-refractivity contribution in [3.05, 3.63) is 63.6 Å². The molecule has 2 N–H and O–H groups in total. The van der Waals surface area contributed by atoms with Gasteiger partial charge in [0.15, 0.2) is 0 Å². The van der Waals surface area contributed by atoms with E-state index in [9.17, 15) is 5.26 Å². The van der Waals surface area contributed by atoms with E-state index in [-0.39, 0.29) is 5.41 Å². The highest BCUT2D eigenvalue weighted by Gasteiger charge is 2.39. The first kappa shape index (κ1) is 16.8. The SMILES string of the molecule is C=C(N)c1cc(C2(C#N)CCC2)cc(-c2cc(Br)ccc2C)c1C. The fourth-order valence-electron chi connectivity index (χ4n) is 3.48. The van der Waals surface area contributed by atoms with Crippen LogP contribution in [-0.4, -0.2) is 0 Å². The highest BCUT2D eigenvalue weighted by atomic mass is 79.9. The Morgan fingerprint density at radius 3 is 2.46 bits per heavy atom. The van der Waals surface area contributed by atoms with Gasteiger partial charge >= 0.3 is 0 Å². The van der Waals surface area contributed by atoms with Crippen molar-refractivity contribution in [1.82, 2.24) is 0 Å². The molecule has 122 valence electrons. The Morgan fingerprint density at radius 1 is 1.21 bits per heavy atom. The van der Waals surface area contributed by atoms with E-state index in [0.29, 0.717) is 5.70 Å². The zero-order chi connectivity index (χ0) is 17.5. The van der Waals surface area contributed by atoms with Gasteiger partial charge in [-0.2, -0.15) is 5.26 Å². The fraction of sp³-hybridized carbons (Fsp3) is 0.286. The van der Waals surface area contributed by atoms with Crippen molar-refractivity contribution in [2.75, 3.05) is 0 Å². The van der Waals surface area contributed by atoms with Crippen LogP contribution in [0.2, 0.25) is 0 Å². The molecule has 0 bridgehead atoms. The zero-order valence-corrected chi connectivity index (χ0v) is 15.7. The highest BCUT2D eigenvalue weighted by molar-refractivity contribution is 9.10. The molecule has 1 fully saturated rings. The van der Waals surface area contributed by atoms with E-state index in [4.69, 9.17) is 5.73 Å². The number of nitrogens with two attached hydrogens (primary N) is 1. The summed E-state index contributed by atoms with van der Waals surface area (Å²) in [7, 11) is 0. The van der Waals surface area contributed by atoms with Gasteiger partial charge in [-0.3, -0.25) is 0 Å². The van der Waals surface area contributed by atoms with E-state index in [1.807, 2.05) is 6.07 Å². The van der Waals surface area contributed by atoms with Crippen molar-refractivity contribution in [2.24, 2.45) is 5.73 Å². The Hall–Kier alpha value is -2.05. The highest BCUT2D eigenvalue weighted by Crippen LogP contribution is 2.46. The van der Waals surface area contributed by atoms with Crippen molar-refractivity contribution in [3.8, 4) is 17.2 Å². The maximum absolute atomic E-state index is 9.74. The Balaban J connectivity index is 2.29. The first-order chi connectivity index (χ1) is 11.4. The van der Waals surface area contributed by atoms with Crippen LogP contribution < -0.4 is 5.73 Å². The molecule has 0 saturated heterocycles. The molecule has 1 aliphatic rings. The summed E-state index contributed by atoms with van der Waals surface area (Å²) < 4.78 is 1.04. The molecule has 0 heterocycles. The quantitative estimate of drug-likeness (QED) is 0.752. The van der Waals surface area contributed by atoms with Crippen LogP contribution in [-0.2, 0) is 5.41 Å². The Labute approximate surface area is 152 Å². The van der Waals surface area contributed by atoms with Gasteiger partial charge in [0.2, 0.25) is 0 Å². The van der Waals surface area contributed by atoms with Gasteiger partial charge in [0.25, 0.3) is 0 Å². The molecule has 1 saturated carbocycles. The van der Waals surface area contributed by atoms with Gasteiger partial charge < -0.3 is 5.73 Å². The van der Waals surface area contributed by atoms with Crippen molar-refractivity contribution in [2.45, 2.75) is 38.5 Å². The molecule has 0 unspecified atom stereocenters. The molecule has 0 aromatic heterocycles. The second-order valence-corrected chi connectivity index (χ2v) is 7.64. The van der Waals surface area contributed by atoms with Gasteiger partial charge in [-0.05, 0) is 85.2 Å². The summed E-state index contributed by atoms with van der Waals surface area (Å²) in [4.78, 5) is 0. The second-order valence-electron chi connectivity index (χ2n) is 6.73. The minimum Gasteiger partial charge on any atom is -0.399 e. The molecule has 24 heavy (non-hydrogen) atoms. The lowest BCUT2D eigenvalue weighted by Crippen LogP contribution is -2.32. The van der Waals surface area contributed by atoms with Crippen molar-refractivity contribution in [1.29, 1.82) is 5.26 Å². The molecule has 0 atom stereocenters. The summed E-state index contributed by atoms with van der Waals surface area (Å²) in [5, 5.41) is 9.74. The normalized spacial score (nSPS) is 15.4. The topological polar surface area (TPSA) is 49.8 Å². The average Bonchev–Trinajstić information content (AvgIpc) is 2.50. The summed E-state index contributed by atoms with van der Waals surface area (Å²) in [6.07, 6.45) is 2.94. The maximum Gasteiger partial charge on any atom is 0.0822 e. The Bertz CT molecular complexity index is 870. The summed E-state index contributed by atoms with van der Waals surface area (Å²) in [5.41, 5.74) is 12.9. The largest absolute Gasteiger partial charge is 0.399 e. The summed E-state index contributed by atoms with van der Waals surface area (Å²) >= 11 is 3.57. The zero-order valence-electron chi connectivity index (χ0n) is 14.1. The van der Waals surface area contributed by atoms with E-state index >= 15 is 0 Å². The molecule has 0 spiro atoms. The van der Waals surface area contributed by atoms with Crippen LogP contribution in [0.4, 0.5) is 0 Å². The van der Waals surface area contributed by atoms with Gasteiger partial charge in [0.05, 0.1) is 11.5 Å². The molecule has 3 rings (SSSR count).